The monoisotopic (exact) mass is 323 g/mol. The van der Waals surface area contributed by atoms with Gasteiger partial charge in [-0.3, -0.25) is 14.9 Å². The molecule has 3 N–H and O–H groups in total. The van der Waals surface area contributed by atoms with Crippen LogP contribution >= 0.6 is 0 Å². The number of anilines is 1. The van der Waals surface area contributed by atoms with Crippen LogP contribution < -0.4 is 16.0 Å². The molecule has 124 valence electrons. The average molecular weight is 323 g/mol. The lowest BCUT2D eigenvalue weighted by atomic mass is 9.89. The molecule has 0 bridgehead atoms. The van der Waals surface area contributed by atoms with Gasteiger partial charge in [0.05, 0.1) is 5.92 Å². The van der Waals surface area contributed by atoms with Crippen LogP contribution in [0.3, 0.4) is 0 Å². The van der Waals surface area contributed by atoms with E-state index in [0.29, 0.717) is 5.69 Å². The first-order valence-corrected chi connectivity index (χ1v) is 7.84. The molecule has 7 heteroatoms. The molecule has 0 saturated carbocycles. The first-order chi connectivity index (χ1) is 11.0. The Morgan fingerprint density at radius 1 is 1.04 bits per heavy atom. The summed E-state index contributed by atoms with van der Waals surface area (Å²) in [4.78, 5) is 23.0. The second-order valence-electron chi connectivity index (χ2n) is 6.03. The van der Waals surface area contributed by atoms with Gasteiger partial charge in [-0.15, -0.1) is 0 Å². The third-order valence-corrected chi connectivity index (χ3v) is 4.38. The maximum absolute atomic E-state index is 14.4. The Balaban J connectivity index is 1.80. The van der Waals surface area contributed by atoms with Crippen molar-refractivity contribution in [3.8, 4) is 0 Å². The summed E-state index contributed by atoms with van der Waals surface area (Å²) in [6.07, 6.45) is 1.99. The number of benzene rings is 1. The molecule has 5 nitrogen and oxygen atoms in total. The molecule has 1 aromatic carbocycles. The van der Waals surface area contributed by atoms with Gasteiger partial charge >= 0.3 is 0 Å². The van der Waals surface area contributed by atoms with Crippen molar-refractivity contribution in [1.82, 2.24) is 10.6 Å². The van der Waals surface area contributed by atoms with Crippen molar-refractivity contribution >= 4 is 17.5 Å². The summed E-state index contributed by atoms with van der Waals surface area (Å²) in [5.41, 5.74) is 0.119. The molecule has 2 aliphatic rings. The van der Waals surface area contributed by atoms with Gasteiger partial charge in [0.1, 0.15) is 11.6 Å². The summed E-state index contributed by atoms with van der Waals surface area (Å²) < 4.78 is 28.7. The standard InChI is InChI=1S/C16H19F2N3O2/c17-12-7-10(20-9-3-5-19-6-4-9)8-13(18)15(12)11-1-2-14(22)21-16(11)23/h7-9,11,19-20H,1-6H2,(H,21,22,23)/t11-/m1/s1. The number of nitrogens with one attached hydrogen (secondary N) is 3. The largest absolute Gasteiger partial charge is 0.382 e. The van der Waals surface area contributed by atoms with Gasteiger partial charge < -0.3 is 10.6 Å². The summed E-state index contributed by atoms with van der Waals surface area (Å²) in [5.74, 6) is -3.51. The number of rotatable bonds is 3. The van der Waals surface area contributed by atoms with Crippen LogP contribution in [0.1, 0.15) is 37.2 Å². The number of imide groups is 1. The van der Waals surface area contributed by atoms with Gasteiger partial charge in [0.2, 0.25) is 11.8 Å². The van der Waals surface area contributed by atoms with E-state index in [-0.39, 0.29) is 24.4 Å². The molecule has 0 spiro atoms. The van der Waals surface area contributed by atoms with E-state index in [1.807, 2.05) is 0 Å². The predicted molar refractivity (Wildman–Crippen MR) is 81.0 cm³/mol. The zero-order valence-electron chi connectivity index (χ0n) is 12.6. The minimum Gasteiger partial charge on any atom is -0.382 e. The van der Waals surface area contributed by atoms with E-state index < -0.39 is 29.4 Å². The maximum Gasteiger partial charge on any atom is 0.234 e. The quantitative estimate of drug-likeness (QED) is 0.740. The van der Waals surface area contributed by atoms with E-state index in [1.54, 1.807) is 0 Å². The van der Waals surface area contributed by atoms with E-state index >= 15 is 0 Å². The molecule has 2 heterocycles. The van der Waals surface area contributed by atoms with Gasteiger partial charge in [-0.2, -0.15) is 0 Å². The molecule has 2 aliphatic heterocycles. The van der Waals surface area contributed by atoms with Gasteiger partial charge in [-0.1, -0.05) is 0 Å². The van der Waals surface area contributed by atoms with E-state index in [9.17, 15) is 18.4 Å². The van der Waals surface area contributed by atoms with Gasteiger partial charge in [-0.25, -0.2) is 8.78 Å². The number of hydrogen-bond acceptors (Lipinski definition) is 4. The number of hydrogen-bond donors (Lipinski definition) is 3. The lowest BCUT2D eigenvalue weighted by Crippen LogP contribution is -2.40. The van der Waals surface area contributed by atoms with Gasteiger partial charge in [0.15, 0.2) is 0 Å². The van der Waals surface area contributed by atoms with E-state index in [2.05, 4.69) is 16.0 Å². The van der Waals surface area contributed by atoms with Crippen molar-refractivity contribution < 1.29 is 18.4 Å². The molecular formula is C16H19F2N3O2. The van der Waals surface area contributed by atoms with Crippen molar-refractivity contribution in [1.29, 1.82) is 0 Å². The summed E-state index contributed by atoms with van der Waals surface area (Å²) in [5, 5.41) is 8.49. The average Bonchev–Trinajstić information content (AvgIpc) is 2.50. The Morgan fingerprint density at radius 2 is 1.70 bits per heavy atom. The van der Waals surface area contributed by atoms with Crippen LogP contribution in [0.15, 0.2) is 12.1 Å². The van der Waals surface area contributed by atoms with Crippen molar-refractivity contribution in [2.75, 3.05) is 18.4 Å². The highest BCUT2D eigenvalue weighted by molar-refractivity contribution is 6.01. The van der Waals surface area contributed by atoms with Crippen LogP contribution in [0, 0.1) is 11.6 Å². The second-order valence-corrected chi connectivity index (χ2v) is 6.03. The van der Waals surface area contributed by atoms with Gasteiger partial charge in [-0.05, 0) is 44.5 Å². The molecule has 2 amide bonds. The molecular weight excluding hydrogens is 304 g/mol. The van der Waals surface area contributed by atoms with Gasteiger partial charge in [0, 0.05) is 23.7 Å². The molecule has 2 fully saturated rings. The number of carbonyl (C=O) groups is 2. The van der Waals surface area contributed by atoms with Gasteiger partial charge in [0.25, 0.3) is 0 Å². The Hall–Kier alpha value is -2.02. The van der Waals surface area contributed by atoms with Crippen LogP contribution in [0.2, 0.25) is 0 Å². The van der Waals surface area contributed by atoms with Crippen molar-refractivity contribution in [2.24, 2.45) is 0 Å². The number of amides is 2. The van der Waals surface area contributed by atoms with Crippen LogP contribution in [0.5, 0.6) is 0 Å². The van der Waals surface area contributed by atoms with Crippen LogP contribution in [-0.2, 0) is 9.59 Å². The summed E-state index contributed by atoms with van der Waals surface area (Å²) in [6.45, 7) is 1.74. The molecule has 3 rings (SSSR count). The highest BCUT2D eigenvalue weighted by Crippen LogP contribution is 2.31. The van der Waals surface area contributed by atoms with Crippen LogP contribution in [0.25, 0.3) is 0 Å². The van der Waals surface area contributed by atoms with Crippen molar-refractivity contribution in [2.45, 2.75) is 37.6 Å². The molecule has 0 radical (unpaired) electrons. The smallest absolute Gasteiger partial charge is 0.234 e. The fourth-order valence-electron chi connectivity index (χ4n) is 3.17. The van der Waals surface area contributed by atoms with Crippen LogP contribution in [0.4, 0.5) is 14.5 Å². The molecule has 0 aromatic heterocycles. The Bertz CT molecular complexity index is 607. The Kier molecular flexibility index (Phi) is 4.56. The summed E-state index contributed by atoms with van der Waals surface area (Å²) >= 11 is 0. The molecule has 2 saturated heterocycles. The van der Waals surface area contributed by atoms with Crippen molar-refractivity contribution in [3.63, 3.8) is 0 Å². The molecule has 0 unspecified atom stereocenters. The Labute approximate surface area is 132 Å². The molecule has 1 aromatic rings. The second kappa shape index (κ2) is 6.62. The number of piperidine rings is 2. The Morgan fingerprint density at radius 3 is 2.30 bits per heavy atom. The molecule has 23 heavy (non-hydrogen) atoms. The third-order valence-electron chi connectivity index (χ3n) is 4.38. The minimum absolute atomic E-state index is 0.0877. The number of halogens is 2. The van der Waals surface area contributed by atoms with E-state index in [0.717, 1.165) is 25.9 Å². The first-order valence-electron chi connectivity index (χ1n) is 7.84. The minimum atomic E-state index is -0.958. The third kappa shape index (κ3) is 3.50. The molecule has 0 aliphatic carbocycles. The highest BCUT2D eigenvalue weighted by Gasteiger charge is 2.32. The lowest BCUT2D eigenvalue weighted by molar-refractivity contribution is -0.134. The normalized spacial score (nSPS) is 22.8. The fourth-order valence-corrected chi connectivity index (χ4v) is 3.17. The number of carbonyl (C=O) groups excluding carboxylic acids is 2. The van der Waals surface area contributed by atoms with E-state index in [1.165, 1.54) is 12.1 Å². The van der Waals surface area contributed by atoms with Crippen LogP contribution in [-0.4, -0.2) is 30.9 Å². The zero-order valence-corrected chi connectivity index (χ0v) is 12.6. The highest BCUT2D eigenvalue weighted by atomic mass is 19.1. The maximum atomic E-state index is 14.4. The SMILES string of the molecule is O=C1CC[C@H](c2c(F)cc(NC3CCNCC3)cc2F)C(=O)N1. The molecule has 1 atom stereocenters. The first kappa shape index (κ1) is 15.9. The summed E-state index contributed by atoms with van der Waals surface area (Å²) in [7, 11) is 0. The lowest BCUT2D eigenvalue weighted by Gasteiger charge is -2.26. The zero-order chi connectivity index (χ0) is 16.4. The van der Waals surface area contributed by atoms with E-state index in [4.69, 9.17) is 0 Å². The summed E-state index contributed by atoms with van der Waals surface area (Å²) in [6, 6.07) is 2.63. The fraction of sp³-hybridized carbons (Fsp3) is 0.500. The van der Waals surface area contributed by atoms with Crippen molar-refractivity contribution in [3.05, 3.63) is 29.3 Å². The predicted octanol–water partition coefficient (Wildman–Crippen LogP) is 1.65. The topological polar surface area (TPSA) is 70.2 Å².